The Morgan fingerprint density at radius 3 is 3.00 bits per heavy atom. The van der Waals surface area contributed by atoms with E-state index >= 15 is 0 Å². The summed E-state index contributed by atoms with van der Waals surface area (Å²) in [5.74, 6) is 0.907. The molecule has 0 spiro atoms. The van der Waals surface area contributed by atoms with Crippen molar-refractivity contribution in [1.29, 1.82) is 5.26 Å². The van der Waals surface area contributed by atoms with Crippen molar-refractivity contribution in [2.75, 3.05) is 18.0 Å². The number of H-pyrrole nitrogens is 1. The molecule has 1 saturated heterocycles. The molecule has 120 valence electrons. The van der Waals surface area contributed by atoms with E-state index in [4.69, 9.17) is 10.7 Å². The average molecular weight is 318 g/mol. The normalized spacial score (nSPS) is 17.4. The molecule has 3 N–H and O–H groups in total. The summed E-state index contributed by atoms with van der Waals surface area (Å²) in [7, 11) is 0. The molecule has 0 aliphatic carbocycles. The Kier molecular flexibility index (Phi) is 3.44. The van der Waals surface area contributed by atoms with Gasteiger partial charge in [0.15, 0.2) is 0 Å². The van der Waals surface area contributed by atoms with Crippen LogP contribution in [0.4, 0.5) is 5.82 Å². The summed E-state index contributed by atoms with van der Waals surface area (Å²) in [4.78, 5) is 14.8. The number of nitrogens with one attached hydrogen (secondary N) is 1. The number of para-hydroxylation sites is 1. The number of hydrogen-bond acceptors (Lipinski definition) is 5. The third-order valence-electron chi connectivity index (χ3n) is 4.56. The number of hydrogen-bond donors (Lipinski definition) is 2. The fourth-order valence-corrected chi connectivity index (χ4v) is 3.35. The van der Waals surface area contributed by atoms with Crippen LogP contribution in [0.2, 0.25) is 0 Å². The number of fused-ring (bicyclic) bond motifs is 1. The lowest BCUT2D eigenvalue weighted by molar-refractivity contribution is 0.751. The van der Waals surface area contributed by atoms with Gasteiger partial charge >= 0.3 is 0 Å². The molecule has 1 aliphatic rings. The number of rotatable bonds is 2. The molecule has 1 aromatic carbocycles. The summed E-state index contributed by atoms with van der Waals surface area (Å²) in [6, 6.07) is 8.11. The first kappa shape index (κ1) is 14.7. The van der Waals surface area contributed by atoms with E-state index in [0.717, 1.165) is 53.2 Å². The van der Waals surface area contributed by atoms with E-state index in [-0.39, 0.29) is 6.04 Å². The van der Waals surface area contributed by atoms with Crippen molar-refractivity contribution >= 4 is 16.7 Å². The molecule has 6 nitrogen and oxygen atoms in total. The van der Waals surface area contributed by atoms with Crippen molar-refractivity contribution < 1.29 is 0 Å². The molecule has 6 heteroatoms. The van der Waals surface area contributed by atoms with E-state index in [9.17, 15) is 5.26 Å². The zero-order chi connectivity index (χ0) is 16.7. The van der Waals surface area contributed by atoms with Gasteiger partial charge in [-0.15, -0.1) is 0 Å². The Balaban J connectivity index is 1.76. The molecule has 1 fully saturated rings. The molecule has 0 radical (unpaired) electrons. The van der Waals surface area contributed by atoms with Gasteiger partial charge in [0.05, 0.1) is 28.7 Å². The Morgan fingerprint density at radius 2 is 2.29 bits per heavy atom. The monoisotopic (exact) mass is 318 g/mol. The van der Waals surface area contributed by atoms with Crippen LogP contribution in [0, 0.1) is 18.3 Å². The number of aromatic nitrogens is 3. The molecule has 24 heavy (non-hydrogen) atoms. The molecule has 3 heterocycles. The lowest BCUT2D eigenvalue weighted by atomic mass is 10.1. The molecule has 1 unspecified atom stereocenters. The summed E-state index contributed by atoms with van der Waals surface area (Å²) in [6.07, 6.45) is 4.68. The average Bonchev–Trinajstić information content (AvgIpc) is 3.20. The van der Waals surface area contributed by atoms with Gasteiger partial charge in [-0.3, -0.25) is 0 Å². The number of nitrogens with zero attached hydrogens (tertiary/aromatic N) is 4. The van der Waals surface area contributed by atoms with Crippen LogP contribution in [0.5, 0.6) is 0 Å². The number of anilines is 1. The van der Waals surface area contributed by atoms with Crippen molar-refractivity contribution in [3.63, 3.8) is 0 Å². The summed E-state index contributed by atoms with van der Waals surface area (Å²) in [5, 5.41) is 10.2. The van der Waals surface area contributed by atoms with Crippen LogP contribution in [-0.2, 0) is 0 Å². The molecule has 0 amide bonds. The smallest absolute Gasteiger partial charge is 0.150 e. The first-order chi connectivity index (χ1) is 11.7. The minimum Gasteiger partial charge on any atom is -0.359 e. The fourth-order valence-electron chi connectivity index (χ4n) is 3.35. The highest BCUT2D eigenvalue weighted by Gasteiger charge is 2.22. The molecule has 0 saturated carbocycles. The number of benzene rings is 1. The lowest BCUT2D eigenvalue weighted by Crippen LogP contribution is -2.27. The van der Waals surface area contributed by atoms with Crippen molar-refractivity contribution in [1.82, 2.24) is 15.0 Å². The molecule has 4 rings (SSSR count). The van der Waals surface area contributed by atoms with Crippen LogP contribution < -0.4 is 10.6 Å². The van der Waals surface area contributed by atoms with Crippen molar-refractivity contribution in [2.24, 2.45) is 5.73 Å². The predicted octanol–water partition coefficient (Wildman–Crippen LogP) is 2.34. The van der Waals surface area contributed by atoms with E-state index in [1.54, 1.807) is 12.3 Å². The predicted molar refractivity (Wildman–Crippen MR) is 93.6 cm³/mol. The van der Waals surface area contributed by atoms with Gasteiger partial charge in [-0.25, -0.2) is 9.97 Å². The largest absolute Gasteiger partial charge is 0.359 e. The van der Waals surface area contributed by atoms with Gasteiger partial charge in [0.1, 0.15) is 11.9 Å². The van der Waals surface area contributed by atoms with E-state index in [2.05, 4.69) is 20.9 Å². The maximum atomic E-state index is 9.22. The van der Waals surface area contributed by atoms with Crippen LogP contribution in [0.25, 0.3) is 22.2 Å². The summed E-state index contributed by atoms with van der Waals surface area (Å²) < 4.78 is 0. The van der Waals surface area contributed by atoms with Gasteiger partial charge in [-0.2, -0.15) is 5.26 Å². The van der Waals surface area contributed by atoms with Crippen molar-refractivity contribution in [3.8, 4) is 17.3 Å². The van der Waals surface area contributed by atoms with E-state index in [1.807, 2.05) is 25.3 Å². The molecule has 0 bridgehead atoms. The van der Waals surface area contributed by atoms with Crippen LogP contribution in [-0.4, -0.2) is 34.1 Å². The van der Waals surface area contributed by atoms with Gasteiger partial charge in [-0.05, 0) is 19.4 Å². The first-order valence-electron chi connectivity index (χ1n) is 8.02. The quantitative estimate of drug-likeness (QED) is 0.756. The maximum Gasteiger partial charge on any atom is 0.150 e. The van der Waals surface area contributed by atoms with Crippen molar-refractivity contribution in [2.45, 2.75) is 19.4 Å². The number of nitrogens with two attached hydrogens (primary N) is 1. The first-order valence-corrected chi connectivity index (χ1v) is 8.02. The van der Waals surface area contributed by atoms with Crippen LogP contribution >= 0.6 is 0 Å². The molecular formula is C18H18N6. The van der Waals surface area contributed by atoms with Crippen LogP contribution in [0.3, 0.4) is 0 Å². The Morgan fingerprint density at radius 1 is 1.42 bits per heavy atom. The third-order valence-corrected chi connectivity index (χ3v) is 4.56. The zero-order valence-electron chi connectivity index (χ0n) is 13.5. The highest BCUT2D eigenvalue weighted by molar-refractivity contribution is 5.97. The Labute approximate surface area is 139 Å². The molecule has 1 aliphatic heterocycles. The Hall–Kier alpha value is -2.91. The van der Waals surface area contributed by atoms with E-state index in [1.165, 1.54) is 0 Å². The topological polar surface area (TPSA) is 94.6 Å². The minimum atomic E-state index is 0.212. The fraction of sp³-hybridized carbons (Fsp3) is 0.278. The van der Waals surface area contributed by atoms with E-state index < -0.39 is 0 Å². The second kappa shape index (κ2) is 5.62. The van der Waals surface area contributed by atoms with Gasteiger partial charge in [0.25, 0.3) is 0 Å². The van der Waals surface area contributed by atoms with Gasteiger partial charge in [-0.1, -0.05) is 12.1 Å². The molecule has 2 aromatic heterocycles. The molecular weight excluding hydrogens is 300 g/mol. The number of aryl methyl sites for hydroxylation is 1. The van der Waals surface area contributed by atoms with Gasteiger partial charge in [0, 0.05) is 36.3 Å². The van der Waals surface area contributed by atoms with Crippen LogP contribution in [0.15, 0.2) is 30.6 Å². The van der Waals surface area contributed by atoms with Crippen LogP contribution in [0.1, 0.15) is 17.7 Å². The molecule has 3 aromatic rings. The Bertz CT molecular complexity index is 952. The maximum absolute atomic E-state index is 9.22. The number of aromatic amines is 1. The third kappa shape index (κ3) is 2.30. The minimum absolute atomic E-state index is 0.212. The summed E-state index contributed by atoms with van der Waals surface area (Å²) >= 11 is 0. The number of nitriles is 1. The molecule has 1 atom stereocenters. The summed E-state index contributed by atoms with van der Waals surface area (Å²) in [6.45, 7) is 3.73. The second-order valence-corrected chi connectivity index (χ2v) is 6.20. The SMILES string of the molecule is Cc1nc(-c2c[nH]c3c(C#N)cccc23)cnc1N1CCC(N)C1. The summed E-state index contributed by atoms with van der Waals surface area (Å²) in [5.41, 5.74) is 10.1. The van der Waals surface area contributed by atoms with Gasteiger partial charge < -0.3 is 15.6 Å². The highest BCUT2D eigenvalue weighted by Crippen LogP contribution is 2.30. The standard InChI is InChI=1S/C18H18N6/c1-11-18(24-6-5-13(20)10-24)22-9-16(23-11)15-8-21-17-12(7-19)3-2-4-14(15)17/h2-4,8-9,13,21H,5-6,10,20H2,1H3. The zero-order valence-corrected chi connectivity index (χ0v) is 13.5. The second-order valence-electron chi connectivity index (χ2n) is 6.20. The lowest BCUT2D eigenvalue weighted by Gasteiger charge is -2.18. The van der Waals surface area contributed by atoms with E-state index in [0.29, 0.717) is 5.56 Å². The van der Waals surface area contributed by atoms with Crippen molar-refractivity contribution in [3.05, 3.63) is 41.9 Å². The van der Waals surface area contributed by atoms with Gasteiger partial charge in [0.2, 0.25) is 0 Å². The highest BCUT2D eigenvalue weighted by atomic mass is 15.2.